The number of halogens is 1. The zero-order chi connectivity index (χ0) is 13.2. The van der Waals surface area contributed by atoms with Crippen molar-refractivity contribution in [3.05, 3.63) is 0 Å². The maximum Gasteiger partial charge on any atom is 0.303 e. The summed E-state index contributed by atoms with van der Waals surface area (Å²) in [6.45, 7) is 4.18. The predicted octanol–water partition coefficient (Wildman–Crippen LogP) is 0.390. The maximum atomic E-state index is 11.0. The average molecular weight is 358 g/mol. The summed E-state index contributed by atoms with van der Waals surface area (Å²) < 4.78 is 14.9. The van der Waals surface area contributed by atoms with Crippen molar-refractivity contribution in [2.75, 3.05) is 0 Å². The highest BCUT2D eigenvalue weighted by atomic mass is 127. The lowest BCUT2D eigenvalue weighted by molar-refractivity contribution is -0.234. The van der Waals surface area contributed by atoms with E-state index in [4.69, 9.17) is 14.2 Å². The van der Waals surface area contributed by atoms with Gasteiger partial charge in [-0.3, -0.25) is 9.59 Å². The molecular weight excluding hydrogens is 343 g/mol. The Morgan fingerprint density at radius 1 is 1.18 bits per heavy atom. The minimum atomic E-state index is -1.05. The largest absolute Gasteiger partial charge is 0.457 e. The minimum Gasteiger partial charge on any atom is -0.457 e. The SMILES string of the molecule is CC(=O)O[C@@H]1[C@@H](OC(C)=O)[C@@H](I)[C@@H](O)O[C@H]1C. The molecule has 0 spiro atoms. The third kappa shape index (κ3) is 3.78. The summed E-state index contributed by atoms with van der Waals surface area (Å²) in [5, 5.41) is 9.62. The molecule has 0 saturated carbocycles. The third-order valence-electron chi connectivity index (χ3n) is 2.33. The predicted molar refractivity (Wildman–Crippen MR) is 65.5 cm³/mol. The quantitative estimate of drug-likeness (QED) is 0.437. The highest BCUT2D eigenvalue weighted by Gasteiger charge is 2.46. The molecule has 0 aromatic heterocycles. The van der Waals surface area contributed by atoms with Crippen molar-refractivity contribution in [3.8, 4) is 0 Å². The molecule has 1 rings (SSSR count). The molecule has 0 unspecified atom stereocenters. The molecule has 0 radical (unpaired) electrons. The molecule has 6 nitrogen and oxygen atoms in total. The van der Waals surface area contributed by atoms with Gasteiger partial charge < -0.3 is 19.3 Å². The molecule has 1 N–H and O–H groups in total. The van der Waals surface area contributed by atoms with E-state index in [-0.39, 0.29) is 0 Å². The lowest BCUT2D eigenvalue weighted by Crippen LogP contribution is -2.57. The van der Waals surface area contributed by atoms with Gasteiger partial charge in [-0.25, -0.2) is 0 Å². The number of carbonyl (C=O) groups excluding carboxylic acids is 2. The van der Waals surface area contributed by atoms with Crippen LogP contribution in [0.1, 0.15) is 20.8 Å². The summed E-state index contributed by atoms with van der Waals surface area (Å²) in [6.07, 6.45) is -3.01. The molecule has 98 valence electrons. The molecule has 0 aromatic rings. The van der Waals surface area contributed by atoms with Crippen LogP contribution in [0.5, 0.6) is 0 Å². The van der Waals surface area contributed by atoms with Crippen molar-refractivity contribution in [2.24, 2.45) is 0 Å². The maximum absolute atomic E-state index is 11.0. The van der Waals surface area contributed by atoms with Crippen LogP contribution < -0.4 is 0 Å². The number of rotatable bonds is 2. The fourth-order valence-electron chi connectivity index (χ4n) is 1.66. The minimum absolute atomic E-state index is 0.484. The van der Waals surface area contributed by atoms with Gasteiger partial charge in [-0.15, -0.1) is 0 Å². The smallest absolute Gasteiger partial charge is 0.303 e. The van der Waals surface area contributed by atoms with Crippen LogP contribution in [0.3, 0.4) is 0 Å². The van der Waals surface area contributed by atoms with Crippen molar-refractivity contribution in [3.63, 3.8) is 0 Å². The molecule has 0 aliphatic carbocycles. The van der Waals surface area contributed by atoms with Crippen molar-refractivity contribution in [2.45, 2.75) is 49.3 Å². The highest BCUT2D eigenvalue weighted by molar-refractivity contribution is 14.1. The lowest BCUT2D eigenvalue weighted by atomic mass is 10.0. The molecule has 1 saturated heterocycles. The summed E-state index contributed by atoms with van der Waals surface area (Å²) in [7, 11) is 0. The van der Waals surface area contributed by atoms with Gasteiger partial charge in [0, 0.05) is 13.8 Å². The molecular formula is C10H15IO6. The van der Waals surface area contributed by atoms with E-state index in [9.17, 15) is 14.7 Å². The summed E-state index contributed by atoms with van der Waals surface area (Å²) in [6, 6.07) is 0. The van der Waals surface area contributed by atoms with Gasteiger partial charge in [-0.1, -0.05) is 22.6 Å². The summed E-state index contributed by atoms with van der Waals surface area (Å²) in [5.74, 6) is -0.974. The average Bonchev–Trinajstić information content (AvgIpc) is 2.19. The Bertz CT molecular complexity index is 307. The van der Waals surface area contributed by atoms with Gasteiger partial charge in [0.2, 0.25) is 0 Å². The van der Waals surface area contributed by atoms with Crippen LogP contribution in [-0.2, 0) is 23.8 Å². The van der Waals surface area contributed by atoms with Crippen LogP contribution in [-0.4, -0.2) is 45.6 Å². The van der Waals surface area contributed by atoms with Crippen molar-refractivity contribution in [1.82, 2.24) is 0 Å². The number of esters is 2. The summed E-state index contributed by atoms with van der Waals surface area (Å²) in [5.41, 5.74) is 0. The third-order valence-corrected chi connectivity index (χ3v) is 3.65. The second kappa shape index (κ2) is 5.96. The lowest BCUT2D eigenvalue weighted by Gasteiger charge is -2.40. The second-order valence-corrected chi connectivity index (χ2v) is 5.26. The topological polar surface area (TPSA) is 82.1 Å². The number of hydrogen-bond donors (Lipinski definition) is 1. The van der Waals surface area contributed by atoms with Crippen molar-refractivity contribution in [1.29, 1.82) is 0 Å². The Labute approximate surface area is 113 Å². The first-order valence-electron chi connectivity index (χ1n) is 5.15. The van der Waals surface area contributed by atoms with Gasteiger partial charge >= 0.3 is 11.9 Å². The first kappa shape index (κ1) is 14.7. The normalized spacial score (nSPS) is 37.4. The van der Waals surface area contributed by atoms with Crippen LogP contribution in [0, 0.1) is 0 Å². The fraction of sp³-hybridized carbons (Fsp3) is 0.800. The fourth-order valence-corrected chi connectivity index (χ4v) is 2.39. The molecule has 0 bridgehead atoms. The van der Waals surface area contributed by atoms with Crippen LogP contribution in [0.15, 0.2) is 0 Å². The standard InChI is InChI=1S/C10H15IO6/c1-4-8(16-5(2)12)9(17-6(3)13)7(11)10(14)15-4/h4,7-10,14H,1-3H3/t4-,7+,8-,9-,10-/m0/s1. The van der Waals surface area contributed by atoms with Crippen molar-refractivity contribution < 1.29 is 28.9 Å². The van der Waals surface area contributed by atoms with E-state index in [1.807, 2.05) is 22.6 Å². The van der Waals surface area contributed by atoms with Gasteiger partial charge in [0.1, 0.15) is 3.92 Å². The highest BCUT2D eigenvalue weighted by Crippen LogP contribution is 2.29. The monoisotopic (exact) mass is 358 g/mol. The van der Waals surface area contributed by atoms with Crippen LogP contribution in [0.2, 0.25) is 0 Å². The Kier molecular flexibility index (Phi) is 5.14. The molecule has 1 fully saturated rings. The zero-order valence-electron chi connectivity index (χ0n) is 9.75. The second-order valence-electron chi connectivity index (χ2n) is 3.82. The molecule has 17 heavy (non-hydrogen) atoms. The van der Waals surface area contributed by atoms with Crippen LogP contribution in [0.25, 0.3) is 0 Å². The number of aliphatic hydroxyl groups is 1. The number of alkyl halides is 1. The van der Waals surface area contributed by atoms with E-state index in [2.05, 4.69) is 0 Å². The van der Waals surface area contributed by atoms with E-state index in [0.717, 1.165) is 0 Å². The Morgan fingerprint density at radius 3 is 2.12 bits per heavy atom. The van der Waals surface area contributed by atoms with E-state index >= 15 is 0 Å². The van der Waals surface area contributed by atoms with E-state index in [0.29, 0.717) is 0 Å². The molecule has 0 aromatic carbocycles. The Balaban J connectivity index is 2.86. The van der Waals surface area contributed by atoms with Gasteiger partial charge in [-0.2, -0.15) is 0 Å². The Hall–Kier alpha value is -0.410. The number of carbonyl (C=O) groups is 2. The molecule has 1 aliphatic rings. The molecule has 1 aliphatic heterocycles. The van der Waals surface area contributed by atoms with Gasteiger partial charge in [0.15, 0.2) is 18.5 Å². The van der Waals surface area contributed by atoms with Gasteiger partial charge in [0.25, 0.3) is 0 Å². The molecule has 1 heterocycles. The van der Waals surface area contributed by atoms with E-state index < -0.39 is 40.5 Å². The number of ether oxygens (including phenoxy) is 3. The van der Waals surface area contributed by atoms with E-state index in [1.54, 1.807) is 6.92 Å². The van der Waals surface area contributed by atoms with Crippen LogP contribution >= 0.6 is 22.6 Å². The van der Waals surface area contributed by atoms with E-state index in [1.165, 1.54) is 13.8 Å². The first-order valence-corrected chi connectivity index (χ1v) is 6.39. The number of aliphatic hydroxyl groups excluding tert-OH is 1. The van der Waals surface area contributed by atoms with Crippen LogP contribution in [0.4, 0.5) is 0 Å². The zero-order valence-corrected chi connectivity index (χ0v) is 11.9. The molecule has 5 atom stereocenters. The summed E-state index contributed by atoms with van der Waals surface area (Å²) in [4.78, 5) is 22.0. The van der Waals surface area contributed by atoms with Gasteiger partial charge in [0.05, 0.1) is 6.10 Å². The first-order chi connectivity index (χ1) is 7.82. The summed E-state index contributed by atoms with van der Waals surface area (Å²) >= 11 is 1.91. The van der Waals surface area contributed by atoms with Crippen molar-refractivity contribution >= 4 is 34.5 Å². The molecule has 7 heteroatoms. The number of hydrogen-bond acceptors (Lipinski definition) is 6. The van der Waals surface area contributed by atoms with Gasteiger partial charge in [-0.05, 0) is 6.92 Å². The Morgan fingerprint density at radius 2 is 1.65 bits per heavy atom. The molecule has 0 amide bonds.